The lowest BCUT2D eigenvalue weighted by molar-refractivity contribution is 0.0112. The molecule has 1 aliphatic carbocycles. The average Bonchev–Trinajstić information content (AvgIpc) is 2.28. The fraction of sp³-hybridized carbons (Fsp3) is 0.941. The van der Waals surface area contributed by atoms with Crippen molar-refractivity contribution in [3.05, 3.63) is 0 Å². The van der Waals surface area contributed by atoms with Gasteiger partial charge in [0.1, 0.15) is 5.60 Å². The molecular formula is C17H35NO4Si. The van der Waals surface area contributed by atoms with E-state index in [0.717, 1.165) is 0 Å². The van der Waals surface area contributed by atoms with Crippen LogP contribution in [-0.2, 0) is 9.16 Å². The summed E-state index contributed by atoms with van der Waals surface area (Å²) in [6.45, 7) is 16.5. The highest BCUT2D eigenvalue weighted by molar-refractivity contribution is 6.74. The molecule has 0 heterocycles. The summed E-state index contributed by atoms with van der Waals surface area (Å²) in [6.07, 6.45) is 1.01. The van der Waals surface area contributed by atoms with Gasteiger partial charge in [-0.2, -0.15) is 0 Å². The van der Waals surface area contributed by atoms with Crippen molar-refractivity contribution in [1.29, 1.82) is 0 Å². The van der Waals surface area contributed by atoms with Crippen LogP contribution >= 0.6 is 0 Å². The predicted octanol–water partition coefficient (Wildman–Crippen LogP) is 3.81. The molecule has 0 spiro atoms. The van der Waals surface area contributed by atoms with Crippen molar-refractivity contribution in [3.8, 4) is 0 Å². The lowest BCUT2D eigenvalue weighted by Crippen LogP contribution is -2.55. The second-order valence-corrected chi connectivity index (χ2v) is 13.9. The van der Waals surface area contributed by atoms with Gasteiger partial charge in [-0.15, -0.1) is 0 Å². The number of aliphatic hydroxyl groups is 1. The molecule has 136 valence electrons. The molecule has 1 saturated carbocycles. The number of amides is 1. The fourth-order valence-corrected chi connectivity index (χ4v) is 3.79. The summed E-state index contributed by atoms with van der Waals surface area (Å²) in [5.41, 5.74) is -0.520. The number of hydrogen-bond donors (Lipinski definition) is 2. The summed E-state index contributed by atoms with van der Waals surface area (Å²) in [5, 5.41) is 13.0. The molecule has 0 radical (unpaired) electrons. The number of ether oxygens (including phenoxy) is 1. The molecule has 6 heteroatoms. The Balaban J connectivity index is 2.78. The Labute approximate surface area is 142 Å². The van der Waals surface area contributed by atoms with Gasteiger partial charge in [0.05, 0.1) is 18.2 Å². The number of carbonyl (C=O) groups excluding carboxylic acids is 1. The summed E-state index contributed by atoms with van der Waals surface area (Å²) >= 11 is 0. The van der Waals surface area contributed by atoms with Crippen LogP contribution in [0.2, 0.25) is 18.1 Å². The Kier molecular flexibility index (Phi) is 6.32. The molecule has 0 bridgehead atoms. The maximum atomic E-state index is 12.1. The van der Waals surface area contributed by atoms with Gasteiger partial charge in [-0.1, -0.05) is 20.8 Å². The quantitative estimate of drug-likeness (QED) is 0.763. The van der Waals surface area contributed by atoms with Gasteiger partial charge in [0.2, 0.25) is 0 Å². The van der Waals surface area contributed by atoms with Crippen LogP contribution in [0.1, 0.15) is 60.8 Å². The van der Waals surface area contributed by atoms with Crippen LogP contribution in [0.5, 0.6) is 0 Å². The zero-order chi connectivity index (χ0) is 18.1. The molecule has 1 rings (SSSR count). The zero-order valence-corrected chi connectivity index (χ0v) is 17.0. The van der Waals surface area contributed by atoms with E-state index in [1.165, 1.54) is 0 Å². The van der Waals surface area contributed by atoms with E-state index in [2.05, 4.69) is 39.2 Å². The van der Waals surface area contributed by atoms with Gasteiger partial charge < -0.3 is 19.6 Å². The predicted molar refractivity (Wildman–Crippen MR) is 95.1 cm³/mol. The van der Waals surface area contributed by atoms with Gasteiger partial charge in [0, 0.05) is 6.42 Å². The van der Waals surface area contributed by atoms with Crippen LogP contribution < -0.4 is 5.32 Å². The number of nitrogens with one attached hydrogen (secondary N) is 1. The monoisotopic (exact) mass is 345 g/mol. The molecule has 3 atom stereocenters. The smallest absolute Gasteiger partial charge is 0.407 e. The van der Waals surface area contributed by atoms with Gasteiger partial charge in [-0.05, 0) is 51.7 Å². The third-order valence-corrected chi connectivity index (χ3v) is 9.22. The van der Waals surface area contributed by atoms with E-state index in [-0.39, 0.29) is 23.3 Å². The molecule has 2 N–H and O–H groups in total. The lowest BCUT2D eigenvalue weighted by Gasteiger charge is -2.44. The van der Waals surface area contributed by atoms with Crippen LogP contribution in [0, 0.1) is 0 Å². The Hall–Kier alpha value is -0.593. The lowest BCUT2D eigenvalue weighted by atomic mass is 9.90. The number of alkyl carbamates (subject to hydrolysis) is 1. The first-order chi connectivity index (χ1) is 10.2. The van der Waals surface area contributed by atoms with E-state index in [1.807, 2.05) is 20.8 Å². The molecule has 0 aliphatic heterocycles. The molecule has 1 amide bonds. The first kappa shape index (κ1) is 20.5. The fourth-order valence-electron chi connectivity index (χ4n) is 2.42. The van der Waals surface area contributed by atoms with E-state index in [0.29, 0.717) is 19.3 Å². The molecule has 1 fully saturated rings. The first-order valence-electron chi connectivity index (χ1n) is 8.57. The normalized spacial score (nSPS) is 26.7. The third-order valence-electron chi connectivity index (χ3n) is 4.72. The average molecular weight is 346 g/mol. The van der Waals surface area contributed by atoms with Gasteiger partial charge in [-0.3, -0.25) is 0 Å². The highest BCUT2D eigenvalue weighted by Gasteiger charge is 2.42. The molecule has 0 aromatic carbocycles. The van der Waals surface area contributed by atoms with Crippen molar-refractivity contribution < 1.29 is 19.1 Å². The van der Waals surface area contributed by atoms with Crippen molar-refractivity contribution in [2.75, 3.05) is 0 Å². The summed E-state index contributed by atoms with van der Waals surface area (Å²) in [6, 6.07) is -0.109. The minimum absolute atomic E-state index is 0.0892. The largest absolute Gasteiger partial charge is 0.444 e. The Morgan fingerprint density at radius 3 is 2.17 bits per heavy atom. The summed E-state index contributed by atoms with van der Waals surface area (Å²) < 4.78 is 11.8. The SMILES string of the molecule is CC(C)(C)OC(=O)N[C@H]1CC[C@H](O)C[C@@H]1O[Si](C)(C)C(C)(C)C. The van der Waals surface area contributed by atoms with Crippen molar-refractivity contribution in [3.63, 3.8) is 0 Å². The van der Waals surface area contributed by atoms with Crippen molar-refractivity contribution in [2.24, 2.45) is 0 Å². The van der Waals surface area contributed by atoms with Crippen LogP contribution in [-0.4, -0.2) is 43.4 Å². The van der Waals surface area contributed by atoms with E-state index in [1.54, 1.807) is 0 Å². The van der Waals surface area contributed by atoms with Gasteiger partial charge in [0.25, 0.3) is 0 Å². The Morgan fingerprint density at radius 1 is 1.13 bits per heavy atom. The minimum Gasteiger partial charge on any atom is -0.444 e. The molecule has 5 nitrogen and oxygen atoms in total. The molecule has 1 aliphatic rings. The molecule has 0 aromatic rings. The number of carbonyl (C=O) groups is 1. The molecular weight excluding hydrogens is 310 g/mol. The minimum atomic E-state index is -1.96. The van der Waals surface area contributed by atoms with E-state index in [4.69, 9.17) is 9.16 Å². The first-order valence-corrected chi connectivity index (χ1v) is 11.5. The molecule has 0 aromatic heterocycles. The van der Waals surface area contributed by atoms with Crippen LogP contribution in [0.15, 0.2) is 0 Å². The summed E-state index contributed by atoms with van der Waals surface area (Å²) in [5.74, 6) is 0. The van der Waals surface area contributed by atoms with E-state index < -0.39 is 20.0 Å². The summed E-state index contributed by atoms with van der Waals surface area (Å²) in [7, 11) is -1.96. The van der Waals surface area contributed by atoms with Gasteiger partial charge >= 0.3 is 6.09 Å². The highest BCUT2D eigenvalue weighted by Crippen LogP contribution is 2.39. The van der Waals surface area contributed by atoms with Crippen molar-refractivity contribution >= 4 is 14.4 Å². The second-order valence-electron chi connectivity index (χ2n) is 9.14. The summed E-state index contributed by atoms with van der Waals surface area (Å²) in [4.78, 5) is 12.1. The highest BCUT2D eigenvalue weighted by atomic mass is 28.4. The number of aliphatic hydroxyl groups excluding tert-OH is 1. The van der Waals surface area contributed by atoms with Crippen LogP contribution in [0.3, 0.4) is 0 Å². The van der Waals surface area contributed by atoms with Gasteiger partial charge in [0.15, 0.2) is 8.32 Å². The van der Waals surface area contributed by atoms with Crippen LogP contribution in [0.25, 0.3) is 0 Å². The number of rotatable bonds is 3. The molecule has 23 heavy (non-hydrogen) atoms. The maximum Gasteiger partial charge on any atom is 0.407 e. The van der Waals surface area contributed by atoms with Crippen LogP contribution in [0.4, 0.5) is 4.79 Å². The van der Waals surface area contributed by atoms with E-state index in [9.17, 15) is 9.90 Å². The molecule has 0 saturated heterocycles. The molecule has 0 unspecified atom stereocenters. The standard InChI is InChI=1S/C17H35NO4Si/c1-16(2,3)21-15(20)18-13-10-9-12(19)11-14(13)22-23(7,8)17(4,5)6/h12-14,19H,9-11H2,1-8H3,(H,18,20)/t12-,13-,14-/m0/s1. The Bertz CT molecular complexity index is 412. The maximum absolute atomic E-state index is 12.1. The topological polar surface area (TPSA) is 67.8 Å². The van der Waals surface area contributed by atoms with Crippen molar-refractivity contribution in [2.45, 2.75) is 103 Å². The Morgan fingerprint density at radius 2 is 1.70 bits per heavy atom. The van der Waals surface area contributed by atoms with E-state index >= 15 is 0 Å². The third kappa shape index (κ3) is 6.43. The van der Waals surface area contributed by atoms with Gasteiger partial charge in [-0.25, -0.2) is 4.79 Å². The zero-order valence-electron chi connectivity index (χ0n) is 16.0. The number of hydrogen-bond acceptors (Lipinski definition) is 4. The van der Waals surface area contributed by atoms with Crippen molar-refractivity contribution in [1.82, 2.24) is 5.32 Å². The second kappa shape index (κ2) is 7.11.